The molecule has 0 unspecified atom stereocenters. The van der Waals surface area contributed by atoms with Crippen molar-refractivity contribution in [2.24, 2.45) is 28.6 Å². The van der Waals surface area contributed by atoms with Crippen LogP contribution in [0.25, 0.3) is 0 Å². The van der Waals surface area contributed by atoms with Crippen molar-refractivity contribution in [3.05, 3.63) is 11.1 Å². The highest BCUT2D eigenvalue weighted by Gasteiger charge is 2.58. The van der Waals surface area contributed by atoms with E-state index in [9.17, 15) is 4.79 Å². The third kappa shape index (κ3) is 1.91. The molecule has 2 heteroatoms. The number of carbonyl (C=O) groups excluding carboxylic acids is 1. The maximum absolute atomic E-state index is 12.3. The number of hydrogen-bond acceptors (Lipinski definition) is 1. The van der Waals surface area contributed by atoms with Gasteiger partial charge in [0, 0.05) is 11.2 Å². The number of fused-ring (bicyclic) bond motifs is 5. The minimum absolute atomic E-state index is 0.277. The molecule has 0 bridgehead atoms. The molecule has 1 nitrogen and oxygen atoms in total. The molecular formula is C20H29BrO. The van der Waals surface area contributed by atoms with E-state index in [0.29, 0.717) is 16.0 Å². The maximum atomic E-state index is 12.3. The summed E-state index contributed by atoms with van der Waals surface area (Å²) in [6.45, 7) is 7.14. The highest BCUT2D eigenvalue weighted by atomic mass is 79.9. The quantitative estimate of drug-likeness (QED) is 0.505. The summed E-state index contributed by atoms with van der Waals surface area (Å²) in [6.07, 6.45) is 10.3. The van der Waals surface area contributed by atoms with Crippen molar-refractivity contribution in [3.8, 4) is 0 Å². The van der Waals surface area contributed by atoms with Crippen LogP contribution in [0.15, 0.2) is 11.1 Å². The van der Waals surface area contributed by atoms with E-state index in [1.54, 1.807) is 0 Å². The molecule has 4 aliphatic rings. The monoisotopic (exact) mass is 364 g/mol. The van der Waals surface area contributed by atoms with Crippen LogP contribution >= 0.6 is 15.9 Å². The van der Waals surface area contributed by atoms with Crippen LogP contribution in [0, 0.1) is 28.6 Å². The van der Waals surface area contributed by atoms with Gasteiger partial charge in [0.05, 0.1) is 0 Å². The summed E-state index contributed by atoms with van der Waals surface area (Å²) in [6, 6.07) is 0. The fourth-order valence-corrected chi connectivity index (χ4v) is 8.31. The molecule has 0 radical (unpaired) electrons. The van der Waals surface area contributed by atoms with Crippen molar-refractivity contribution in [3.63, 3.8) is 0 Å². The Morgan fingerprint density at radius 2 is 1.86 bits per heavy atom. The number of halogens is 1. The van der Waals surface area contributed by atoms with Crippen molar-refractivity contribution in [2.45, 2.75) is 77.0 Å². The lowest BCUT2D eigenvalue weighted by Crippen LogP contribution is -2.52. The van der Waals surface area contributed by atoms with Gasteiger partial charge in [-0.25, -0.2) is 0 Å². The first-order valence-electron chi connectivity index (χ1n) is 9.25. The summed E-state index contributed by atoms with van der Waals surface area (Å²) < 4.78 is 0. The largest absolute Gasteiger partial charge is 0.295 e. The molecule has 0 aliphatic heterocycles. The molecule has 0 aromatic rings. The first-order valence-corrected chi connectivity index (χ1v) is 10.2. The maximum Gasteiger partial charge on any atom is 0.158 e. The summed E-state index contributed by atoms with van der Waals surface area (Å²) >= 11 is 4.00. The van der Waals surface area contributed by atoms with Gasteiger partial charge in [-0.1, -0.05) is 36.2 Å². The zero-order valence-electron chi connectivity index (χ0n) is 14.3. The third-order valence-corrected chi connectivity index (χ3v) is 8.97. The van der Waals surface area contributed by atoms with Gasteiger partial charge in [-0.05, 0) is 85.2 Å². The zero-order valence-corrected chi connectivity index (χ0v) is 15.8. The number of ketones is 1. The van der Waals surface area contributed by atoms with E-state index >= 15 is 0 Å². The Bertz CT molecular complexity index is 550. The van der Waals surface area contributed by atoms with E-state index in [2.05, 4.69) is 36.7 Å². The van der Waals surface area contributed by atoms with Crippen LogP contribution in [0.1, 0.15) is 72.1 Å². The standard InChI is InChI=1S/C20H29BrO/c1-12-17(22)7-10-20(3)15-6-9-19(2)8-4-5-14(19)13(15)11-16(21)18(12)20/h13-16H,4-11H2,1-3H3/t13-,14-,15-,16+,19-,20+/m0/s1. The molecule has 0 aromatic carbocycles. The first kappa shape index (κ1) is 15.4. The second kappa shape index (κ2) is 4.94. The molecule has 122 valence electrons. The van der Waals surface area contributed by atoms with Gasteiger partial charge in [0.1, 0.15) is 0 Å². The normalized spacial score (nSPS) is 51.4. The molecule has 0 spiro atoms. The van der Waals surface area contributed by atoms with E-state index in [1.807, 2.05) is 0 Å². The number of rotatable bonds is 0. The highest BCUT2D eigenvalue weighted by Crippen LogP contribution is 2.66. The van der Waals surface area contributed by atoms with Gasteiger partial charge in [0.25, 0.3) is 0 Å². The van der Waals surface area contributed by atoms with Gasteiger partial charge < -0.3 is 0 Å². The lowest BCUT2D eigenvalue weighted by molar-refractivity contribution is -0.118. The fraction of sp³-hybridized carbons (Fsp3) is 0.850. The Hall–Kier alpha value is -0.110. The fourth-order valence-electron chi connectivity index (χ4n) is 7.01. The molecule has 0 saturated heterocycles. The van der Waals surface area contributed by atoms with Gasteiger partial charge in [0.15, 0.2) is 5.78 Å². The van der Waals surface area contributed by atoms with Crippen LogP contribution in [0.4, 0.5) is 0 Å². The van der Waals surface area contributed by atoms with Crippen molar-refractivity contribution in [2.75, 3.05) is 0 Å². The Balaban J connectivity index is 1.77. The van der Waals surface area contributed by atoms with Crippen molar-refractivity contribution in [1.82, 2.24) is 0 Å². The molecule has 6 atom stereocenters. The number of carbonyl (C=O) groups is 1. The zero-order chi connectivity index (χ0) is 15.7. The van der Waals surface area contributed by atoms with E-state index < -0.39 is 0 Å². The van der Waals surface area contributed by atoms with E-state index in [1.165, 1.54) is 44.1 Å². The number of Topliss-reactive ketones (excluding diaryl/α,β-unsaturated/α-hetero) is 1. The van der Waals surface area contributed by atoms with Gasteiger partial charge in [-0.3, -0.25) is 4.79 Å². The smallest absolute Gasteiger partial charge is 0.158 e. The summed E-state index contributed by atoms with van der Waals surface area (Å²) in [7, 11) is 0. The number of allylic oxidation sites excluding steroid dienone is 1. The van der Waals surface area contributed by atoms with Crippen LogP contribution < -0.4 is 0 Å². The van der Waals surface area contributed by atoms with Gasteiger partial charge in [-0.2, -0.15) is 0 Å². The lowest BCUT2D eigenvalue weighted by atomic mass is 9.47. The van der Waals surface area contributed by atoms with Crippen LogP contribution in [0.3, 0.4) is 0 Å². The molecular weight excluding hydrogens is 336 g/mol. The Labute approximate surface area is 143 Å². The molecule has 3 saturated carbocycles. The number of hydrogen-bond donors (Lipinski definition) is 0. The van der Waals surface area contributed by atoms with Gasteiger partial charge in [0.2, 0.25) is 0 Å². The minimum Gasteiger partial charge on any atom is -0.295 e. The lowest BCUT2D eigenvalue weighted by Gasteiger charge is -2.59. The van der Waals surface area contributed by atoms with E-state index in [0.717, 1.165) is 36.2 Å². The topological polar surface area (TPSA) is 17.1 Å². The summed E-state index contributed by atoms with van der Waals surface area (Å²) in [5, 5.41) is 0. The van der Waals surface area contributed by atoms with E-state index in [4.69, 9.17) is 0 Å². The average Bonchev–Trinajstić information content (AvgIpc) is 2.85. The second-order valence-corrected chi connectivity index (χ2v) is 10.1. The third-order valence-electron chi connectivity index (χ3n) is 8.14. The summed E-state index contributed by atoms with van der Waals surface area (Å²) in [5.41, 5.74) is 3.46. The predicted octanol–water partition coefficient (Wildman–Crippen LogP) is 5.67. The number of alkyl halides is 1. The molecule has 0 N–H and O–H groups in total. The predicted molar refractivity (Wildman–Crippen MR) is 94.0 cm³/mol. The van der Waals surface area contributed by atoms with Crippen LogP contribution in [-0.4, -0.2) is 10.6 Å². The molecule has 0 amide bonds. The molecule has 4 aliphatic carbocycles. The van der Waals surface area contributed by atoms with Gasteiger partial charge in [-0.15, -0.1) is 0 Å². The molecule has 0 aromatic heterocycles. The molecule has 22 heavy (non-hydrogen) atoms. The molecule has 0 heterocycles. The first-order chi connectivity index (χ1) is 10.4. The van der Waals surface area contributed by atoms with E-state index in [-0.39, 0.29) is 5.41 Å². The Morgan fingerprint density at radius 3 is 2.64 bits per heavy atom. The van der Waals surface area contributed by atoms with Crippen molar-refractivity contribution in [1.29, 1.82) is 0 Å². The van der Waals surface area contributed by atoms with Crippen LogP contribution in [0.5, 0.6) is 0 Å². The molecule has 3 fully saturated rings. The van der Waals surface area contributed by atoms with Crippen molar-refractivity contribution < 1.29 is 4.79 Å². The van der Waals surface area contributed by atoms with Crippen LogP contribution in [-0.2, 0) is 4.79 Å². The average molecular weight is 365 g/mol. The highest BCUT2D eigenvalue weighted by molar-refractivity contribution is 9.09. The summed E-state index contributed by atoms with van der Waals surface area (Å²) in [5.74, 6) is 3.02. The minimum atomic E-state index is 0.277. The Morgan fingerprint density at radius 1 is 1.09 bits per heavy atom. The SMILES string of the molecule is CC1=C2[C@H](Br)C[C@H]3[C@@H]4CCC[C@@]4(C)CC[C@@H]3[C@@]2(C)CCC1=O. The molecule has 4 rings (SSSR count). The van der Waals surface area contributed by atoms with Gasteiger partial charge >= 0.3 is 0 Å². The van der Waals surface area contributed by atoms with Crippen molar-refractivity contribution >= 4 is 21.7 Å². The second-order valence-electron chi connectivity index (χ2n) is 9.04. The Kier molecular flexibility index (Phi) is 3.46. The summed E-state index contributed by atoms with van der Waals surface area (Å²) in [4.78, 5) is 12.7. The van der Waals surface area contributed by atoms with Crippen LogP contribution in [0.2, 0.25) is 0 Å².